The summed E-state index contributed by atoms with van der Waals surface area (Å²) in [4.78, 5) is 10.2. The summed E-state index contributed by atoms with van der Waals surface area (Å²) in [5, 5.41) is 8.36. The lowest BCUT2D eigenvalue weighted by Crippen LogP contribution is -1.96. The van der Waals surface area contributed by atoms with Crippen LogP contribution in [0.4, 0.5) is 0 Å². The first-order valence-corrected chi connectivity index (χ1v) is 4.68. The van der Waals surface area contributed by atoms with E-state index < -0.39 is 5.97 Å². The molecular formula is C12H14O3. The first-order chi connectivity index (χ1) is 7.08. The smallest absolute Gasteiger partial charge is 0.328 e. The zero-order chi connectivity index (χ0) is 11.3. The van der Waals surface area contributed by atoms with Crippen molar-refractivity contribution >= 4 is 5.97 Å². The van der Waals surface area contributed by atoms with E-state index in [4.69, 9.17) is 9.84 Å². The molecule has 0 saturated heterocycles. The van der Waals surface area contributed by atoms with Crippen LogP contribution in [0.3, 0.4) is 0 Å². The molecule has 15 heavy (non-hydrogen) atoms. The van der Waals surface area contributed by atoms with Gasteiger partial charge in [-0.3, -0.25) is 0 Å². The van der Waals surface area contributed by atoms with Gasteiger partial charge in [-0.05, 0) is 43.2 Å². The van der Waals surface area contributed by atoms with Crippen LogP contribution in [0.15, 0.2) is 30.4 Å². The molecule has 0 aliphatic rings. The maximum absolute atomic E-state index is 10.2. The average molecular weight is 206 g/mol. The number of rotatable bonds is 4. The normalized spacial score (nSPS) is 10.5. The number of carboxylic acid groups (broad SMARTS) is 1. The number of ether oxygens (including phenoxy) is 1. The molecule has 0 unspecified atom stereocenters. The summed E-state index contributed by atoms with van der Waals surface area (Å²) in [6.07, 6.45) is 2.54. The molecule has 80 valence electrons. The fourth-order valence-electron chi connectivity index (χ4n) is 1.31. The van der Waals surface area contributed by atoms with E-state index >= 15 is 0 Å². The SMILES string of the molecule is Cc1cc(C)cc(OC/C=C/C(=O)O)c1. The Hall–Kier alpha value is -1.77. The molecule has 0 aliphatic carbocycles. The number of carboxylic acids is 1. The largest absolute Gasteiger partial charge is 0.490 e. The Kier molecular flexibility index (Phi) is 3.92. The topological polar surface area (TPSA) is 46.5 Å². The van der Waals surface area contributed by atoms with Crippen molar-refractivity contribution in [1.29, 1.82) is 0 Å². The highest BCUT2D eigenvalue weighted by molar-refractivity contribution is 5.79. The third kappa shape index (κ3) is 4.31. The molecule has 0 aliphatic heterocycles. The summed E-state index contributed by atoms with van der Waals surface area (Å²) in [6.45, 7) is 4.26. The molecule has 1 aromatic carbocycles. The van der Waals surface area contributed by atoms with E-state index in [0.29, 0.717) is 0 Å². The highest BCUT2D eigenvalue weighted by Gasteiger charge is 1.95. The average Bonchev–Trinajstić information content (AvgIpc) is 2.10. The third-order valence-electron chi connectivity index (χ3n) is 1.80. The van der Waals surface area contributed by atoms with E-state index in [9.17, 15) is 4.79 Å². The van der Waals surface area contributed by atoms with Crippen LogP contribution in [-0.2, 0) is 4.79 Å². The van der Waals surface area contributed by atoms with E-state index in [1.54, 1.807) is 0 Å². The summed E-state index contributed by atoms with van der Waals surface area (Å²) in [7, 11) is 0. The van der Waals surface area contributed by atoms with Gasteiger partial charge < -0.3 is 9.84 Å². The fraction of sp³-hybridized carbons (Fsp3) is 0.250. The number of carbonyl (C=O) groups is 1. The van der Waals surface area contributed by atoms with Gasteiger partial charge >= 0.3 is 5.97 Å². The zero-order valence-corrected chi connectivity index (χ0v) is 8.86. The molecule has 3 heteroatoms. The van der Waals surface area contributed by atoms with Gasteiger partial charge in [0.15, 0.2) is 0 Å². The maximum atomic E-state index is 10.2. The molecule has 0 atom stereocenters. The Balaban J connectivity index is 2.54. The van der Waals surface area contributed by atoms with Crippen molar-refractivity contribution in [3.63, 3.8) is 0 Å². The lowest BCUT2D eigenvalue weighted by Gasteiger charge is -2.05. The highest BCUT2D eigenvalue weighted by atomic mass is 16.5. The van der Waals surface area contributed by atoms with Gasteiger partial charge in [0.2, 0.25) is 0 Å². The lowest BCUT2D eigenvalue weighted by molar-refractivity contribution is -0.131. The number of hydrogen-bond donors (Lipinski definition) is 1. The standard InChI is InChI=1S/C12H14O3/c1-9-6-10(2)8-11(7-9)15-5-3-4-12(13)14/h3-4,6-8H,5H2,1-2H3,(H,13,14)/b4-3+. The fourth-order valence-corrected chi connectivity index (χ4v) is 1.31. The van der Waals surface area contributed by atoms with Crippen LogP contribution in [0.2, 0.25) is 0 Å². The second kappa shape index (κ2) is 5.20. The van der Waals surface area contributed by atoms with Gasteiger partial charge in [0.05, 0.1) is 0 Å². The second-order valence-electron chi connectivity index (χ2n) is 3.38. The van der Waals surface area contributed by atoms with Crippen molar-refractivity contribution < 1.29 is 14.6 Å². The van der Waals surface area contributed by atoms with Crippen LogP contribution >= 0.6 is 0 Å². The molecule has 3 nitrogen and oxygen atoms in total. The van der Waals surface area contributed by atoms with Crippen LogP contribution in [0.25, 0.3) is 0 Å². The Bertz CT molecular complexity index is 360. The van der Waals surface area contributed by atoms with E-state index in [1.165, 1.54) is 6.08 Å². The van der Waals surface area contributed by atoms with Gasteiger partial charge in [-0.2, -0.15) is 0 Å². The van der Waals surface area contributed by atoms with Crippen LogP contribution in [0.1, 0.15) is 11.1 Å². The van der Waals surface area contributed by atoms with E-state index in [0.717, 1.165) is 23.0 Å². The molecule has 0 aromatic heterocycles. The summed E-state index contributed by atoms with van der Waals surface area (Å²) in [6, 6.07) is 5.89. The van der Waals surface area contributed by atoms with Crippen molar-refractivity contribution in [2.24, 2.45) is 0 Å². The minimum Gasteiger partial charge on any atom is -0.490 e. The predicted octanol–water partition coefficient (Wildman–Crippen LogP) is 2.32. The molecule has 0 heterocycles. The Labute approximate surface area is 89.0 Å². The minimum atomic E-state index is -0.959. The summed E-state index contributed by atoms with van der Waals surface area (Å²) in [5.74, 6) is -0.193. The summed E-state index contributed by atoms with van der Waals surface area (Å²) in [5.41, 5.74) is 2.26. The summed E-state index contributed by atoms with van der Waals surface area (Å²) < 4.78 is 5.37. The maximum Gasteiger partial charge on any atom is 0.328 e. The number of aryl methyl sites for hydroxylation is 2. The van der Waals surface area contributed by atoms with Crippen molar-refractivity contribution in [2.75, 3.05) is 6.61 Å². The van der Waals surface area contributed by atoms with Gasteiger partial charge in [0.25, 0.3) is 0 Å². The Morgan fingerprint density at radius 2 is 1.93 bits per heavy atom. The van der Waals surface area contributed by atoms with Crippen molar-refractivity contribution in [2.45, 2.75) is 13.8 Å². The van der Waals surface area contributed by atoms with Crippen molar-refractivity contribution in [1.82, 2.24) is 0 Å². The van der Waals surface area contributed by atoms with E-state index in [1.807, 2.05) is 26.0 Å². The summed E-state index contributed by atoms with van der Waals surface area (Å²) >= 11 is 0. The Morgan fingerprint density at radius 1 is 1.33 bits per heavy atom. The zero-order valence-electron chi connectivity index (χ0n) is 8.86. The van der Waals surface area contributed by atoms with Crippen LogP contribution < -0.4 is 4.74 Å². The van der Waals surface area contributed by atoms with Gasteiger partial charge in [0, 0.05) is 6.08 Å². The second-order valence-corrected chi connectivity index (χ2v) is 3.38. The highest BCUT2D eigenvalue weighted by Crippen LogP contribution is 2.15. The third-order valence-corrected chi connectivity index (χ3v) is 1.80. The molecule has 0 fully saturated rings. The monoisotopic (exact) mass is 206 g/mol. The van der Waals surface area contributed by atoms with Crippen LogP contribution in [0, 0.1) is 13.8 Å². The molecule has 0 spiro atoms. The van der Waals surface area contributed by atoms with Gasteiger partial charge in [0.1, 0.15) is 12.4 Å². The number of aliphatic carboxylic acids is 1. The first kappa shape index (κ1) is 11.3. The quantitative estimate of drug-likeness (QED) is 0.769. The van der Waals surface area contributed by atoms with Crippen LogP contribution in [0.5, 0.6) is 5.75 Å². The van der Waals surface area contributed by atoms with E-state index in [-0.39, 0.29) is 6.61 Å². The van der Waals surface area contributed by atoms with Crippen LogP contribution in [-0.4, -0.2) is 17.7 Å². The molecule has 0 bridgehead atoms. The molecule has 0 radical (unpaired) electrons. The molecule has 0 amide bonds. The van der Waals surface area contributed by atoms with Gasteiger partial charge in [-0.15, -0.1) is 0 Å². The minimum absolute atomic E-state index is 0.273. The molecule has 1 aromatic rings. The molecule has 1 N–H and O–H groups in total. The predicted molar refractivity (Wildman–Crippen MR) is 58.2 cm³/mol. The Morgan fingerprint density at radius 3 is 2.47 bits per heavy atom. The van der Waals surface area contributed by atoms with Crippen molar-refractivity contribution in [3.8, 4) is 5.75 Å². The van der Waals surface area contributed by atoms with E-state index in [2.05, 4.69) is 6.07 Å². The van der Waals surface area contributed by atoms with Gasteiger partial charge in [-0.25, -0.2) is 4.79 Å². The number of hydrogen-bond acceptors (Lipinski definition) is 2. The first-order valence-electron chi connectivity index (χ1n) is 4.68. The van der Waals surface area contributed by atoms with Crippen molar-refractivity contribution in [3.05, 3.63) is 41.5 Å². The lowest BCUT2D eigenvalue weighted by atomic mass is 10.1. The number of benzene rings is 1. The molecule has 1 rings (SSSR count). The van der Waals surface area contributed by atoms with Gasteiger partial charge in [-0.1, -0.05) is 6.07 Å². The molecular weight excluding hydrogens is 192 g/mol. The molecule has 0 saturated carbocycles.